The first-order valence-electron chi connectivity index (χ1n) is 8.27. The molecule has 0 spiro atoms. The van der Waals surface area contributed by atoms with Crippen LogP contribution < -0.4 is 20.9 Å². The third-order valence-corrected chi connectivity index (χ3v) is 3.96. The molecule has 2 aromatic carbocycles. The molecule has 0 radical (unpaired) electrons. The SMILES string of the molecule is COC(=O)Nc1ccc(NC(=O)NC[C@@H](C)N(C)c2ccccc2)cc1. The van der Waals surface area contributed by atoms with Gasteiger partial charge in [-0.15, -0.1) is 0 Å². The van der Waals surface area contributed by atoms with Crippen molar-refractivity contribution in [3.63, 3.8) is 0 Å². The summed E-state index contributed by atoms with van der Waals surface area (Å²) in [6.07, 6.45) is -0.542. The number of likely N-dealkylation sites (N-methyl/N-ethyl adjacent to an activating group) is 1. The molecule has 1 atom stereocenters. The van der Waals surface area contributed by atoms with E-state index in [-0.39, 0.29) is 12.1 Å². The summed E-state index contributed by atoms with van der Waals surface area (Å²) in [5, 5.41) is 8.16. The number of methoxy groups -OCH3 is 1. The van der Waals surface area contributed by atoms with Crippen LogP contribution in [-0.2, 0) is 4.74 Å². The van der Waals surface area contributed by atoms with Crippen LogP contribution in [-0.4, -0.2) is 38.9 Å². The van der Waals surface area contributed by atoms with E-state index in [0.29, 0.717) is 17.9 Å². The molecule has 0 bridgehead atoms. The van der Waals surface area contributed by atoms with Gasteiger partial charge in [-0.2, -0.15) is 0 Å². The summed E-state index contributed by atoms with van der Waals surface area (Å²) < 4.78 is 4.52. The highest BCUT2D eigenvalue weighted by Gasteiger charge is 2.11. The molecule has 2 rings (SSSR count). The first-order valence-corrected chi connectivity index (χ1v) is 8.27. The molecule has 0 aliphatic carbocycles. The van der Waals surface area contributed by atoms with E-state index in [9.17, 15) is 9.59 Å². The van der Waals surface area contributed by atoms with E-state index >= 15 is 0 Å². The van der Waals surface area contributed by atoms with Gasteiger partial charge in [-0.3, -0.25) is 5.32 Å². The van der Waals surface area contributed by atoms with E-state index in [1.54, 1.807) is 24.3 Å². The van der Waals surface area contributed by atoms with Gasteiger partial charge >= 0.3 is 12.1 Å². The Morgan fingerprint density at radius 3 is 2.15 bits per heavy atom. The number of anilines is 3. The molecular formula is C19H24N4O3. The molecule has 0 aromatic heterocycles. The van der Waals surface area contributed by atoms with Crippen molar-refractivity contribution < 1.29 is 14.3 Å². The fourth-order valence-electron chi connectivity index (χ4n) is 2.28. The third kappa shape index (κ3) is 5.70. The van der Waals surface area contributed by atoms with Crippen molar-refractivity contribution in [1.29, 1.82) is 0 Å². The quantitative estimate of drug-likeness (QED) is 0.740. The van der Waals surface area contributed by atoms with Gasteiger partial charge in [0.1, 0.15) is 0 Å². The van der Waals surface area contributed by atoms with Gasteiger partial charge in [-0.1, -0.05) is 18.2 Å². The minimum atomic E-state index is -0.542. The average Bonchev–Trinajstić information content (AvgIpc) is 2.67. The van der Waals surface area contributed by atoms with Crippen LogP contribution in [0.5, 0.6) is 0 Å². The predicted molar refractivity (Wildman–Crippen MR) is 104 cm³/mol. The van der Waals surface area contributed by atoms with Gasteiger partial charge in [0.05, 0.1) is 7.11 Å². The third-order valence-electron chi connectivity index (χ3n) is 3.96. The molecule has 0 saturated carbocycles. The summed E-state index contributed by atoms with van der Waals surface area (Å²) in [6.45, 7) is 2.54. The minimum absolute atomic E-state index is 0.134. The molecule has 0 fully saturated rings. The second kappa shape index (κ2) is 9.31. The Bertz CT molecular complexity index is 719. The van der Waals surface area contributed by atoms with E-state index in [4.69, 9.17) is 0 Å². The second-order valence-corrected chi connectivity index (χ2v) is 5.82. The molecule has 7 heteroatoms. The maximum absolute atomic E-state index is 12.1. The zero-order valence-electron chi connectivity index (χ0n) is 15.2. The normalized spacial score (nSPS) is 11.2. The van der Waals surface area contributed by atoms with Gasteiger partial charge in [-0.05, 0) is 43.3 Å². The lowest BCUT2D eigenvalue weighted by molar-refractivity contribution is 0.187. The molecule has 0 unspecified atom stereocenters. The van der Waals surface area contributed by atoms with E-state index in [1.165, 1.54) is 7.11 Å². The first-order chi connectivity index (χ1) is 12.5. The molecule has 0 aliphatic heterocycles. The van der Waals surface area contributed by atoms with Gasteiger partial charge in [0.25, 0.3) is 0 Å². The van der Waals surface area contributed by atoms with Crippen LogP contribution in [0, 0.1) is 0 Å². The average molecular weight is 356 g/mol. The molecule has 26 heavy (non-hydrogen) atoms. The van der Waals surface area contributed by atoms with Crippen molar-refractivity contribution in [1.82, 2.24) is 5.32 Å². The highest BCUT2D eigenvalue weighted by atomic mass is 16.5. The van der Waals surface area contributed by atoms with Crippen molar-refractivity contribution in [2.24, 2.45) is 0 Å². The zero-order valence-corrected chi connectivity index (χ0v) is 15.2. The van der Waals surface area contributed by atoms with Crippen LogP contribution in [0.25, 0.3) is 0 Å². The number of hydrogen-bond acceptors (Lipinski definition) is 4. The zero-order chi connectivity index (χ0) is 18.9. The number of hydrogen-bond donors (Lipinski definition) is 3. The fraction of sp³-hybridized carbons (Fsp3) is 0.263. The predicted octanol–water partition coefficient (Wildman–Crippen LogP) is 3.51. The van der Waals surface area contributed by atoms with Crippen LogP contribution in [0.2, 0.25) is 0 Å². The van der Waals surface area contributed by atoms with Gasteiger partial charge in [0, 0.05) is 36.7 Å². The number of rotatable bonds is 6. The van der Waals surface area contributed by atoms with E-state index in [1.807, 2.05) is 44.3 Å². The van der Waals surface area contributed by atoms with Crippen molar-refractivity contribution >= 4 is 29.2 Å². The smallest absolute Gasteiger partial charge is 0.411 e. The number of para-hydroxylation sites is 1. The van der Waals surface area contributed by atoms with Crippen molar-refractivity contribution in [3.8, 4) is 0 Å². The monoisotopic (exact) mass is 356 g/mol. The number of urea groups is 1. The number of nitrogens with one attached hydrogen (secondary N) is 3. The summed E-state index contributed by atoms with van der Waals surface area (Å²) in [6, 6.07) is 16.6. The summed E-state index contributed by atoms with van der Waals surface area (Å²) in [5.41, 5.74) is 2.30. The summed E-state index contributed by atoms with van der Waals surface area (Å²) in [4.78, 5) is 25.3. The lowest BCUT2D eigenvalue weighted by Crippen LogP contribution is -2.41. The maximum Gasteiger partial charge on any atom is 0.411 e. The molecule has 0 heterocycles. The summed E-state index contributed by atoms with van der Waals surface area (Å²) in [5.74, 6) is 0. The highest BCUT2D eigenvalue weighted by Crippen LogP contribution is 2.15. The number of nitrogens with zero attached hydrogens (tertiary/aromatic N) is 1. The van der Waals surface area contributed by atoms with Crippen molar-refractivity contribution in [2.75, 3.05) is 36.2 Å². The Hall–Kier alpha value is -3.22. The number of amides is 3. The molecule has 3 N–H and O–H groups in total. The molecule has 0 aliphatic rings. The summed E-state index contributed by atoms with van der Waals surface area (Å²) in [7, 11) is 3.29. The molecule has 138 valence electrons. The maximum atomic E-state index is 12.1. The molecule has 0 saturated heterocycles. The van der Waals surface area contributed by atoms with Crippen LogP contribution in [0.1, 0.15) is 6.92 Å². The fourth-order valence-corrected chi connectivity index (χ4v) is 2.28. The standard InChI is InChI=1S/C19H24N4O3/c1-14(23(2)17-7-5-4-6-8-17)13-20-18(24)21-15-9-11-16(12-10-15)22-19(25)26-3/h4-12,14H,13H2,1-3H3,(H,22,25)(H2,20,21,24)/t14-/m1/s1. The van der Waals surface area contributed by atoms with Crippen LogP contribution in [0.15, 0.2) is 54.6 Å². The van der Waals surface area contributed by atoms with Gasteiger partial charge in [0.2, 0.25) is 0 Å². The van der Waals surface area contributed by atoms with Gasteiger partial charge in [-0.25, -0.2) is 9.59 Å². The molecule has 2 aromatic rings. The van der Waals surface area contributed by atoms with E-state index < -0.39 is 6.09 Å². The largest absolute Gasteiger partial charge is 0.453 e. The number of ether oxygens (including phenoxy) is 1. The second-order valence-electron chi connectivity index (χ2n) is 5.82. The lowest BCUT2D eigenvalue weighted by Gasteiger charge is -2.27. The number of carbonyl (C=O) groups excluding carboxylic acids is 2. The highest BCUT2D eigenvalue weighted by molar-refractivity contribution is 5.90. The molecule has 3 amide bonds. The molecular weight excluding hydrogens is 332 g/mol. The van der Waals surface area contributed by atoms with Crippen LogP contribution in [0.4, 0.5) is 26.7 Å². The summed E-state index contributed by atoms with van der Waals surface area (Å²) >= 11 is 0. The Morgan fingerprint density at radius 1 is 1.00 bits per heavy atom. The first kappa shape index (κ1) is 19.1. The van der Waals surface area contributed by atoms with Gasteiger partial charge < -0.3 is 20.3 Å². The van der Waals surface area contributed by atoms with Crippen molar-refractivity contribution in [3.05, 3.63) is 54.6 Å². The Kier molecular flexibility index (Phi) is 6.84. The minimum Gasteiger partial charge on any atom is -0.453 e. The Balaban J connectivity index is 1.80. The van der Waals surface area contributed by atoms with Crippen molar-refractivity contribution in [2.45, 2.75) is 13.0 Å². The topological polar surface area (TPSA) is 82.7 Å². The lowest BCUT2D eigenvalue weighted by atomic mass is 10.2. The number of benzene rings is 2. The van der Waals surface area contributed by atoms with E-state index in [2.05, 4.69) is 25.6 Å². The Morgan fingerprint density at radius 2 is 1.58 bits per heavy atom. The van der Waals surface area contributed by atoms with Crippen LogP contribution in [0.3, 0.4) is 0 Å². The van der Waals surface area contributed by atoms with Gasteiger partial charge in [0.15, 0.2) is 0 Å². The number of carbonyl (C=O) groups is 2. The Labute approximate surface area is 153 Å². The van der Waals surface area contributed by atoms with E-state index in [0.717, 1.165) is 5.69 Å². The molecule has 7 nitrogen and oxygen atoms in total. The van der Waals surface area contributed by atoms with Crippen LogP contribution >= 0.6 is 0 Å².